The zero-order valence-corrected chi connectivity index (χ0v) is 9.59. The summed E-state index contributed by atoms with van der Waals surface area (Å²) in [6.07, 6.45) is 3.91. The molecule has 2 fully saturated rings. The second-order valence-electron chi connectivity index (χ2n) is 4.36. The summed E-state index contributed by atoms with van der Waals surface area (Å²) >= 11 is 0. The van der Waals surface area contributed by atoms with Gasteiger partial charge < -0.3 is 20.5 Å². The molecule has 0 aromatic carbocycles. The molecular formula is C10H15N5O2. The first-order valence-corrected chi connectivity index (χ1v) is 5.72. The third-order valence-electron chi connectivity index (χ3n) is 3.24. The van der Waals surface area contributed by atoms with Crippen molar-refractivity contribution in [2.75, 3.05) is 18.2 Å². The van der Waals surface area contributed by atoms with Crippen LogP contribution in [0.3, 0.4) is 0 Å². The summed E-state index contributed by atoms with van der Waals surface area (Å²) in [6, 6.07) is 0.490. The predicted molar refractivity (Wildman–Crippen MR) is 60.7 cm³/mol. The normalized spacial score (nSPS) is 30.5. The molecule has 2 aliphatic rings. The Balaban J connectivity index is 1.74. The third kappa shape index (κ3) is 1.97. The third-order valence-corrected chi connectivity index (χ3v) is 3.24. The van der Waals surface area contributed by atoms with Gasteiger partial charge in [-0.15, -0.1) is 0 Å². The van der Waals surface area contributed by atoms with E-state index in [1.165, 1.54) is 7.11 Å². The lowest BCUT2D eigenvalue weighted by Gasteiger charge is -2.19. The molecule has 0 aliphatic carbocycles. The molecule has 1 aromatic rings. The summed E-state index contributed by atoms with van der Waals surface area (Å²) in [5.74, 6) is 0.610. The number of anilines is 2. The molecule has 1 aromatic heterocycles. The SMILES string of the molecule is COc1nc(N)nc(NC2CC3CCC2O3)n1. The van der Waals surface area contributed by atoms with Crippen molar-refractivity contribution in [2.24, 2.45) is 0 Å². The maximum Gasteiger partial charge on any atom is 0.322 e. The van der Waals surface area contributed by atoms with Crippen LogP contribution in [0.15, 0.2) is 0 Å². The standard InChI is InChI=1S/C10H15N5O2/c1-16-10-14-8(11)13-9(15-10)12-6-4-5-2-3-7(6)17-5/h5-7H,2-4H2,1H3,(H3,11,12,13,14,15). The van der Waals surface area contributed by atoms with Crippen LogP contribution < -0.4 is 15.8 Å². The van der Waals surface area contributed by atoms with E-state index in [1.54, 1.807) is 0 Å². The van der Waals surface area contributed by atoms with Crippen molar-refractivity contribution >= 4 is 11.9 Å². The van der Waals surface area contributed by atoms with Crippen molar-refractivity contribution < 1.29 is 9.47 Å². The molecule has 7 nitrogen and oxygen atoms in total. The van der Waals surface area contributed by atoms with Crippen LogP contribution in [0.25, 0.3) is 0 Å². The minimum Gasteiger partial charge on any atom is -0.467 e. The summed E-state index contributed by atoms with van der Waals surface area (Å²) in [7, 11) is 1.50. The number of methoxy groups -OCH3 is 1. The molecule has 3 atom stereocenters. The van der Waals surface area contributed by atoms with E-state index in [2.05, 4.69) is 20.3 Å². The zero-order chi connectivity index (χ0) is 11.8. The molecule has 17 heavy (non-hydrogen) atoms. The maximum atomic E-state index is 5.75. The molecule has 92 valence electrons. The van der Waals surface area contributed by atoms with E-state index in [0.717, 1.165) is 19.3 Å². The van der Waals surface area contributed by atoms with Crippen molar-refractivity contribution in [3.63, 3.8) is 0 Å². The average Bonchev–Trinajstić information content (AvgIpc) is 2.90. The highest BCUT2D eigenvalue weighted by molar-refractivity contribution is 5.34. The Kier molecular flexibility index (Phi) is 2.47. The van der Waals surface area contributed by atoms with Crippen LogP contribution in [-0.2, 0) is 4.74 Å². The summed E-state index contributed by atoms with van der Waals surface area (Å²) in [5.41, 5.74) is 5.57. The summed E-state index contributed by atoms with van der Waals surface area (Å²) in [6.45, 7) is 0. The van der Waals surface area contributed by atoms with Crippen LogP contribution >= 0.6 is 0 Å². The van der Waals surface area contributed by atoms with Crippen LogP contribution in [0.5, 0.6) is 6.01 Å². The molecule has 7 heteroatoms. The Morgan fingerprint density at radius 3 is 2.88 bits per heavy atom. The molecule has 0 radical (unpaired) electrons. The number of aromatic nitrogens is 3. The largest absolute Gasteiger partial charge is 0.467 e. The predicted octanol–water partition coefficient (Wildman–Crippen LogP) is 0.194. The minimum atomic E-state index is 0.156. The van der Waals surface area contributed by atoms with Gasteiger partial charge in [0.1, 0.15) is 0 Å². The number of hydrogen-bond acceptors (Lipinski definition) is 7. The molecule has 0 saturated carbocycles. The van der Waals surface area contributed by atoms with Gasteiger partial charge in [-0.2, -0.15) is 15.0 Å². The minimum absolute atomic E-state index is 0.156. The van der Waals surface area contributed by atoms with Crippen molar-refractivity contribution in [1.29, 1.82) is 0 Å². The fraction of sp³-hybridized carbons (Fsp3) is 0.700. The number of fused-ring (bicyclic) bond motifs is 2. The number of ether oxygens (including phenoxy) is 2. The number of nitrogens with zero attached hydrogens (tertiary/aromatic N) is 3. The first-order valence-electron chi connectivity index (χ1n) is 5.72. The highest BCUT2D eigenvalue weighted by Gasteiger charge is 2.41. The lowest BCUT2D eigenvalue weighted by atomic mass is 9.96. The van der Waals surface area contributed by atoms with E-state index in [9.17, 15) is 0 Å². The lowest BCUT2D eigenvalue weighted by molar-refractivity contribution is 0.102. The van der Waals surface area contributed by atoms with Gasteiger partial charge in [0.25, 0.3) is 0 Å². The summed E-state index contributed by atoms with van der Waals surface area (Å²) in [5, 5.41) is 3.24. The average molecular weight is 237 g/mol. The molecule has 3 unspecified atom stereocenters. The fourth-order valence-corrected chi connectivity index (χ4v) is 2.48. The molecular weight excluding hydrogens is 222 g/mol. The van der Waals surface area contributed by atoms with E-state index in [-0.39, 0.29) is 24.1 Å². The molecule has 3 rings (SSSR count). The lowest BCUT2D eigenvalue weighted by Crippen LogP contribution is -2.31. The van der Waals surface area contributed by atoms with Gasteiger partial charge in [-0.25, -0.2) is 0 Å². The van der Waals surface area contributed by atoms with Gasteiger partial charge in [0, 0.05) is 0 Å². The van der Waals surface area contributed by atoms with E-state index in [1.807, 2.05) is 0 Å². The Hall–Kier alpha value is -1.63. The van der Waals surface area contributed by atoms with Crippen LogP contribution in [0.2, 0.25) is 0 Å². The van der Waals surface area contributed by atoms with Crippen molar-refractivity contribution in [3.8, 4) is 6.01 Å². The van der Waals surface area contributed by atoms with Gasteiger partial charge in [-0.1, -0.05) is 0 Å². The molecule has 3 heterocycles. The Bertz CT molecular complexity index is 427. The number of nitrogen functional groups attached to an aromatic ring is 1. The maximum absolute atomic E-state index is 5.75. The number of nitrogens with one attached hydrogen (secondary N) is 1. The highest BCUT2D eigenvalue weighted by atomic mass is 16.5. The smallest absolute Gasteiger partial charge is 0.322 e. The van der Waals surface area contributed by atoms with E-state index in [0.29, 0.717) is 12.1 Å². The molecule has 3 N–H and O–H groups in total. The monoisotopic (exact) mass is 237 g/mol. The molecule has 2 saturated heterocycles. The summed E-state index contributed by atoms with van der Waals surface area (Å²) < 4.78 is 10.7. The first-order chi connectivity index (χ1) is 8.24. The Morgan fingerprint density at radius 1 is 1.35 bits per heavy atom. The van der Waals surface area contributed by atoms with Gasteiger partial charge in [-0.3, -0.25) is 0 Å². The topological polar surface area (TPSA) is 95.2 Å². The van der Waals surface area contributed by atoms with Gasteiger partial charge in [0.2, 0.25) is 11.9 Å². The molecule has 2 aliphatic heterocycles. The second kappa shape index (κ2) is 3.99. The number of rotatable bonds is 3. The molecule has 0 spiro atoms. The fourth-order valence-electron chi connectivity index (χ4n) is 2.48. The van der Waals surface area contributed by atoms with Crippen LogP contribution in [0.4, 0.5) is 11.9 Å². The van der Waals surface area contributed by atoms with Gasteiger partial charge in [0.15, 0.2) is 0 Å². The van der Waals surface area contributed by atoms with Crippen molar-refractivity contribution in [3.05, 3.63) is 0 Å². The Morgan fingerprint density at radius 2 is 2.24 bits per heavy atom. The molecule has 2 bridgehead atoms. The molecule has 0 amide bonds. The second-order valence-corrected chi connectivity index (χ2v) is 4.36. The quantitative estimate of drug-likeness (QED) is 0.775. The van der Waals surface area contributed by atoms with Gasteiger partial charge in [-0.05, 0) is 19.3 Å². The van der Waals surface area contributed by atoms with Gasteiger partial charge >= 0.3 is 6.01 Å². The zero-order valence-electron chi connectivity index (χ0n) is 9.59. The van der Waals surface area contributed by atoms with Crippen molar-refractivity contribution in [2.45, 2.75) is 37.5 Å². The Labute approximate surface area is 98.8 Å². The van der Waals surface area contributed by atoms with Crippen LogP contribution in [-0.4, -0.2) is 40.3 Å². The van der Waals surface area contributed by atoms with E-state index >= 15 is 0 Å². The van der Waals surface area contributed by atoms with Crippen molar-refractivity contribution in [1.82, 2.24) is 15.0 Å². The first kappa shape index (κ1) is 10.5. The highest BCUT2D eigenvalue weighted by Crippen LogP contribution is 2.35. The van der Waals surface area contributed by atoms with E-state index < -0.39 is 0 Å². The number of nitrogens with two attached hydrogens (primary N) is 1. The van der Waals surface area contributed by atoms with Crippen LogP contribution in [0, 0.1) is 0 Å². The summed E-state index contributed by atoms with van der Waals surface area (Å²) in [4.78, 5) is 12.0. The number of hydrogen-bond donors (Lipinski definition) is 2. The van der Waals surface area contributed by atoms with Crippen LogP contribution in [0.1, 0.15) is 19.3 Å². The van der Waals surface area contributed by atoms with Gasteiger partial charge in [0.05, 0.1) is 25.4 Å². The van der Waals surface area contributed by atoms with E-state index in [4.69, 9.17) is 15.2 Å².